The third kappa shape index (κ3) is 3.52. The van der Waals surface area contributed by atoms with E-state index >= 15 is 0 Å². The normalized spacial score (nSPS) is 22.1. The average molecular weight is 345 g/mol. The fraction of sp³-hybridized carbons (Fsp3) is 0.600. The van der Waals surface area contributed by atoms with Crippen LogP contribution < -0.4 is 0 Å². The van der Waals surface area contributed by atoms with Gasteiger partial charge >= 0.3 is 0 Å². The maximum absolute atomic E-state index is 12.6. The van der Waals surface area contributed by atoms with E-state index < -0.39 is 25.9 Å². The Labute approximate surface area is 133 Å². The third-order valence-electron chi connectivity index (χ3n) is 4.12. The molecule has 7 heteroatoms. The first-order chi connectivity index (χ1) is 9.93. The molecule has 1 aliphatic heterocycles. The molecule has 1 saturated heterocycles. The van der Waals surface area contributed by atoms with Crippen molar-refractivity contribution >= 4 is 19.9 Å². The molecule has 0 saturated carbocycles. The highest BCUT2D eigenvalue weighted by atomic mass is 32.2. The van der Waals surface area contributed by atoms with Gasteiger partial charge in [0, 0.05) is 13.1 Å². The second-order valence-electron chi connectivity index (χ2n) is 6.85. The van der Waals surface area contributed by atoms with Crippen LogP contribution in [0.2, 0.25) is 0 Å². The summed E-state index contributed by atoms with van der Waals surface area (Å²) in [5, 5.41) is 0. The summed E-state index contributed by atoms with van der Waals surface area (Å²) in [6.07, 6.45) is 0.359. The molecule has 0 amide bonds. The molecule has 124 valence electrons. The number of nitrogens with zero attached hydrogens (tertiary/aromatic N) is 1. The van der Waals surface area contributed by atoms with E-state index in [9.17, 15) is 16.8 Å². The lowest BCUT2D eigenvalue weighted by molar-refractivity contribution is 0.394. The number of hydrogen-bond donors (Lipinski definition) is 0. The largest absolute Gasteiger partial charge is 0.243 e. The van der Waals surface area contributed by atoms with Gasteiger partial charge in [0.15, 0.2) is 9.84 Å². The Bertz CT molecular complexity index is 744. The molecule has 1 atom stereocenters. The average Bonchev–Trinajstić information content (AvgIpc) is 2.77. The van der Waals surface area contributed by atoms with Gasteiger partial charge in [0.1, 0.15) is 0 Å². The molecule has 5 nitrogen and oxygen atoms in total. The van der Waals surface area contributed by atoms with Crippen molar-refractivity contribution in [1.29, 1.82) is 0 Å². The van der Waals surface area contributed by atoms with Gasteiger partial charge in [-0.2, -0.15) is 4.31 Å². The highest BCUT2D eigenvalue weighted by Gasteiger charge is 2.36. The van der Waals surface area contributed by atoms with Crippen molar-refractivity contribution in [1.82, 2.24) is 4.31 Å². The smallest absolute Gasteiger partial charge is 0.229 e. The summed E-state index contributed by atoms with van der Waals surface area (Å²) in [5.41, 5.74) is 1.01. The van der Waals surface area contributed by atoms with Gasteiger partial charge in [0.05, 0.1) is 16.4 Å². The Morgan fingerprint density at radius 3 is 2.09 bits per heavy atom. The highest BCUT2D eigenvalue weighted by Crippen LogP contribution is 2.26. The van der Waals surface area contributed by atoms with Crippen LogP contribution in [0.5, 0.6) is 0 Å². The van der Waals surface area contributed by atoms with Crippen LogP contribution in [0.1, 0.15) is 32.8 Å². The fourth-order valence-electron chi connectivity index (χ4n) is 2.55. The molecule has 0 unspecified atom stereocenters. The second kappa shape index (κ2) is 5.62. The van der Waals surface area contributed by atoms with Crippen LogP contribution in [0.3, 0.4) is 0 Å². The van der Waals surface area contributed by atoms with Crippen LogP contribution in [0.4, 0.5) is 0 Å². The van der Waals surface area contributed by atoms with E-state index in [0.29, 0.717) is 6.42 Å². The van der Waals surface area contributed by atoms with E-state index in [1.165, 1.54) is 11.4 Å². The molecule has 1 aliphatic rings. The Hall–Kier alpha value is -0.920. The minimum absolute atomic E-state index is 0.0479. The van der Waals surface area contributed by atoms with Crippen molar-refractivity contribution in [3.8, 4) is 0 Å². The zero-order valence-electron chi connectivity index (χ0n) is 13.4. The maximum Gasteiger partial charge on any atom is 0.243 e. The lowest BCUT2D eigenvalue weighted by Crippen LogP contribution is -2.37. The van der Waals surface area contributed by atoms with E-state index in [4.69, 9.17) is 0 Å². The van der Waals surface area contributed by atoms with Crippen LogP contribution in [0.15, 0.2) is 29.2 Å². The summed E-state index contributed by atoms with van der Waals surface area (Å²) >= 11 is 0. The van der Waals surface area contributed by atoms with Gasteiger partial charge < -0.3 is 0 Å². The first kappa shape index (κ1) is 17.4. The van der Waals surface area contributed by atoms with Gasteiger partial charge in [-0.05, 0) is 29.5 Å². The Kier molecular flexibility index (Phi) is 4.45. The van der Waals surface area contributed by atoms with Gasteiger partial charge in [0.25, 0.3) is 0 Å². The molecular weight excluding hydrogens is 322 g/mol. The van der Waals surface area contributed by atoms with Crippen LogP contribution in [-0.4, -0.2) is 45.7 Å². The minimum Gasteiger partial charge on any atom is -0.229 e. The molecular formula is C15H23NO4S2. The van der Waals surface area contributed by atoms with Crippen molar-refractivity contribution in [2.24, 2.45) is 0 Å². The van der Waals surface area contributed by atoms with Crippen molar-refractivity contribution < 1.29 is 16.8 Å². The molecule has 1 heterocycles. The van der Waals surface area contributed by atoms with Gasteiger partial charge in [0.2, 0.25) is 10.0 Å². The summed E-state index contributed by atoms with van der Waals surface area (Å²) in [7, 11) is -5.32. The molecule has 0 aromatic heterocycles. The molecule has 0 aliphatic carbocycles. The molecule has 0 spiro atoms. The predicted octanol–water partition coefficient (Wildman–Crippen LogP) is 1.79. The summed E-state index contributed by atoms with van der Waals surface area (Å²) in [5.74, 6) is -0.0384. The predicted molar refractivity (Wildman–Crippen MR) is 87.1 cm³/mol. The first-order valence-electron chi connectivity index (χ1n) is 7.22. The first-order valence-corrected chi connectivity index (χ1v) is 10.5. The highest BCUT2D eigenvalue weighted by molar-refractivity contribution is 7.92. The summed E-state index contributed by atoms with van der Waals surface area (Å²) < 4.78 is 49.5. The maximum atomic E-state index is 12.6. The van der Waals surface area contributed by atoms with E-state index in [2.05, 4.69) is 20.8 Å². The fourth-order valence-corrected chi connectivity index (χ4v) is 5.81. The van der Waals surface area contributed by atoms with Gasteiger partial charge in [-0.25, -0.2) is 16.8 Å². The molecule has 22 heavy (non-hydrogen) atoms. The number of hydrogen-bond acceptors (Lipinski definition) is 4. The molecule has 0 N–H and O–H groups in total. The Morgan fingerprint density at radius 1 is 1.14 bits per heavy atom. The molecule has 2 rings (SSSR count). The van der Waals surface area contributed by atoms with Crippen molar-refractivity contribution in [2.75, 3.05) is 18.6 Å². The molecule has 1 fully saturated rings. The van der Waals surface area contributed by atoms with Gasteiger partial charge in [-0.3, -0.25) is 0 Å². The zero-order chi connectivity index (χ0) is 16.8. The molecule has 0 bridgehead atoms. The quantitative estimate of drug-likeness (QED) is 0.837. The van der Waals surface area contributed by atoms with E-state index in [1.807, 2.05) is 12.1 Å². The van der Waals surface area contributed by atoms with E-state index in [-0.39, 0.29) is 21.8 Å². The van der Waals surface area contributed by atoms with Crippen molar-refractivity contribution in [3.05, 3.63) is 29.8 Å². The Balaban J connectivity index is 2.27. The van der Waals surface area contributed by atoms with E-state index in [1.54, 1.807) is 12.1 Å². The van der Waals surface area contributed by atoms with Crippen LogP contribution in [-0.2, 0) is 25.3 Å². The standard InChI is InChI=1S/C15H23NO4S2/c1-15(2,3)12-5-7-14(8-6-12)22(19,20)16(4)13-9-10-21(17,18)11-13/h5-8,13H,9-11H2,1-4H3/t13-/m1/s1. The van der Waals surface area contributed by atoms with Crippen LogP contribution >= 0.6 is 0 Å². The van der Waals surface area contributed by atoms with Crippen molar-refractivity contribution in [2.45, 2.75) is 43.5 Å². The lowest BCUT2D eigenvalue weighted by atomic mass is 9.87. The lowest BCUT2D eigenvalue weighted by Gasteiger charge is -2.24. The van der Waals surface area contributed by atoms with E-state index in [0.717, 1.165) is 5.56 Å². The van der Waals surface area contributed by atoms with Gasteiger partial charge in [-0.15, -0.1) is 0 Å². The minimum atomic E-state index is -3.67. The van der Waals surface area contributed by atoms with Crippen LogP contribution in [0, 0.1) is 0 Å². The summed E-state index contributed by atoms with van der Waals surface area (Å²) in [6, 6.07) is 6.33. The number of benzene rings is 1. The van der Waals surface area contributed by atoms with Crippen LogP contribution in [0.25, 0.3) is 0 Å². The number of sulfonamides is 1. The summed E-state index contributed by atoms with van der Waals surface area (Å²) in [4.78, 5) is 0.201. The monoisotopic (exact) mass is 345 g/mol. The topological polar surface area (TPSA) is 71.5 Å². The Morgan fingerprint density at radius 2 is 1.68 bits per heavy atom. The molecule has 1 aromatic carbocycles. The molecule has 0 radical (unpaired) electrons. The number of sulfone groups is 1. The van der Waals surface area contributed by atoms with Crippen molar-refractivity contribution in [3.63, 3.8) is 0 Å². The second-order valence-corrected chi connectivity index (χ2v) is 11.1. The van der Waals surface area contributed by atoms with Gasteiger partial charge in [-0.1, -0.05) is 32.9 Å². The zero-order valence-corrected chi connectivity index (χ0v) is 15.0. The SMILES string of the molecule is CN([C@@H]1CCS(=O)(=O)C1)S(=O)(=O)c1ccc(C(C)(C)C)cc1. The molecule has 1 aromatic rings. The number of rotatable bonds is 3. The third-order valence-corrected chi connectivity index (χ3v) is 7.79. The summed E-state index contributed by atoms with van der Waals surface area (Å²) in [6.45, 7) is 6.18.